The molecule has 0 aliphatic rings. The molecule has 0 unspecified atom stereocenters. The highest BCUT2D eigenvalue weighted by Crippen LogP contribution is 2.33. The molecular formula is C15H21BrO3. The van der Waals surface area contributed by atoms with Crippen LogP contribution in [0.1, 0.15) is 42.6 Å². The summed E-state index contributed by atoms with van der Waals surface area (Å²) in [4.78, 5) is 11.6. The van der Waals surface area contributed by atoms with Crippen molar-refractivity contribution in [2.75, 3.05) is 19.0 Å². The molecule has 0 aliphatic carbocycles. The van der Waals surface area contributed by atoms with Crippen LogP contribution >= 0.6 is 15.9 Å². The van der Waals surface area contributed by atoms with E-state index in [0.29, 0.717) is 17.9 Å². The van der Waals surface area contributed by atoms with Gasteiger partial charge in [0.2, 0.25) is 0 Å². The first kappa shape index (κ1) is 16.0. The largest absolute Gasteiger partial charge is 0.496 e. The average Bonchev–Trinajstić information content (AvgIpc) is 2.40. The lowest BCUT2D eigenvalue weighted by Crippen LogP contribution is -2.06. The lowest BCUT2D eigenvalue weighted by molar-refractivity contribution is 0.101. The first-order chi connectivity index (χ1) is 9.15. The third-order valence-corrected chi connectivity index (χ3v) is 3.40. The van der Waals surface area contributed by atoms with Crippen LogP contribution in [0.3, 0.4) is 0 Å². The van der Waals surface area contributed by atoms with Crippen LogP contribution in [0.2, 0.25) is 0 Å². The molecule has 3 nitrogen and oxygen atoms in total. The van der Waals surface area contributed by atoms with E-state index < -0.39 is 0 Å². The van der Waals surface area contributed by atoms with Gasteiger partial charge in [-0.15, -0.1) is 0 Å². The highest BCUT2D eigenvalue weighted by Gasteiger charge is 2.17. The standard InChI is InChI=1S/C15H21BrO3/c1-4-6-13-14(19-10-5-9-16)8-7-12(11(2)17)15(13)18-3/h7-8H,4-6,9-10H2,1-3H3. The number of carbonyl (C=O) groups excluding carboxylic acids is 1. The van der Waals surface area contributed by atoms with Gasteiger partial charge in [-0.2, -0.15) is 0 Å². The van der Waals surface area contributed by atoms with Crippen molar-refractivity contribution >= 4 is 21.7 Å². The lowest BCUT2D eigenvalue weighted by atomic mass is 10.0. The number of Topliss-reactive ketones (excluding diaryl/α,β-unsaturated/α-hetero) is 1. The highest BCUT2D eigenvalue weighted by atomic mass is 79.9. The van der Waals surface area contributed by atoms with Crippen molar-refractivity contribution in [3.05, 3.63) is 23.3 Å². The summed E-state index contributed by atoms with van der Waals surface area (Å²) in [6, 6.07) is 3.66. The van der Waals surface area contributed by atoms with Gasteiger partial charge in [-0.1, -0.05) is 29.3 Å². The van der Waals surface area contributed by atoms with Crippen molar-refractivity contribution in [2.45, 2.75) is 33.1 Å². The maximum absolute atomic E-state index is 11.6. The number of hydrogen-bond donors (Lipinski definition) is 0. The Morgan fingerprint density at radius 3 is 2.63 bits per heavy atom. The third kappa shape index (κ3) is 4.23. The van der Waals surface area contributed by atoms with E-state index in [1.807, 2.05) is 6.07 Å². The average molecular weight is 329 g/mol. The molecule has 0 bridgehead atoms. The monoisotopic (exact) mass is 328 g/mol. The second kappa shape index (κ2) is 8.20. The zero-order valence-electron chi connectivity index (χ0n) is 11.8. The minimum atomic E-state index is 0.0150. The fourth-order valence-corrected chi connectivity index (χ4v) is 2.21. The Morgan fingerprint density at radius 1 is 1.37 bits per heavy atom. The molecule has 106 valence electrons. The van der Waals surface area contributed by atoms with E-state index in [-0.39, 0.29) is 5.78 Å². The Balaban J connectivity index is 3.13. The van der Waals surface area contributed by atoms with Crippen LogP contribution in [0.15, 0.2) is 12.1 Å². The van der Waals surface area contributed by atoms with Crippen molar-refractivity contribution < 1.29 is 14.3 Å². The van der Waals surface area contributed by atoms with Crippen LogP contribution in [0.25, 0.3) is 0 Å². The van der Waals surface area contributed by atoms with Crippen LogP contribution in [0.4, 0.5) is 0 Å². The smallest absolute Gasteiger partial charge is 0.163 e. The predicted molar refractivity (Wildman–Crippen MR) is 80.9 cm³/mol. The molecule has 1 aromatic carbocycles. The molecule has 0 saturated heterocycles. The molecule has 0 aliphatic heterocycles. The number of ketones is 1. The van der Waals surface area contributed by atoms with Gasteiger partial charge in [0.15, 0.2) is 5.78 Å². The fraction of sp³-hybridized carbons (Fsp3) is 0.533. The van der Waals surface area contributed by atoms with Crippen molar-refractivity contribution in [1.82, 2.24) is 0 Å². The van der Waals surface area contributed by atoms with Crippen LogP contribution in [0.5, 0.6) is 11.5 Å². The third-order valence-electron chi connectivity index (χ3n) is 2.84. The van der Waals surface area contributed by atoms with Gasteiger partial charge in [0, 0.05) is 10.9 Å². The predicted octanol–water partition coefficient (Wildman–Crippen LogP) is 4.01. The zero-order valence-corrected chi connectivity index (χ0v) is 13.4. The number of benzene rings is 1. The number of methoxy groups -OCH3 is 1. The summed E-state index contributed by atoms with van der Waals surface area (Å²) in [5, 5.41) is 0.915. The quantitative estimate of drug-likeness (QED) is 0.411. The topological polar surface area (TPSA) is 35.5 Å². The van der Waals surface area contributed by atoms with Crippen molar-refractivity contribution in [1.29, 1.82) is 0 Å². The van der Waals surface area contributed by atoms with Gasteiger partial charge in [-0.3, -0.25) is 4.79 Å². The molecule has 0 radical (unpaired) electrons. The van der Waals surface area contributed by atoms with Crippen molar-refractivity contribution in [3.8, 4) is 11.5 Å². The van der Waals surface area contributed by atoms with E-state index in [9.17, 15) is 4.79 Å². The van der Waals surface area contributed by atoms with Crippen LogP contribution in [0, 0.1) is 0 Å². The Morgan fingerprint density at radius 2 is 2.11 bits per heavy atom. The SMILES string of the molecule is CCCc1c(OCCCBr)ccc(C(C)=O)c1OC. The lowest BCUT2D eigenvalue weighted by Gasteiger charge is -2.16. The number of hydrogen-bond acceptors (Lipinski definition) is 3. The van der Waals surface area contributed by atoms with E-state index in [0.717, 1.165) is 35.9 Å². The maximum atomic E-state index is 11.6. The van der Waals surface area contributed by atoms with Gasteiger partial charge in [0.1, 0.15) is 11.5 Å². The number of alkyl halides is 1. The van der Waals surface area contributed by atoms with E-state index in [2.05, 4.69) is 22.9 Å². The van der Waals surface area contributed by atoms with Gasteiger partial charge < -0.3 is 9.47 Å². The summed E-state index contributed by atoms with van der Waals surface area (Å²) in [7, 11) is 1.60. The molecule has 0 heterocycles. The Labute approximate surface area is 123 Å². The van der Waals surface area contributed by atoms with Crippen molar-refractivity contribution in [2.24, 2.45) is 0 Å². The molecular weight excluding hydrogens is 308 g/mol. The number of ether oxygens (including phenoxy) is 2. The van der Waals surface area contributed by atoms with Gasteiger partial charge in [0.25, 0.3) is 0 Å². The van der Waals surface area contributed by atoms with Gasteiger partial charge in [-0.05, 0) is 31.9 Å². The summed E-state index contributed by atoms with van der Waals surface area (Å²) < 4.78 is 11.2. The number of rotatable bonds is 8. The molecule has 19 heavy (non-hydrogen) atoms. The molecule has 0 spiro atoms. The maximum Gasteiger partial charge on any atom is 0.163 e. The summed E-state index contributed by atoms with van der Waals surface area (Å²) in [6.45, 7) is 4.31. The molecule has 0 aromatic heterocycles. The van der Waals surface area contributed by atoms with Crippen molar-refractivity contribution in [3.63, 3.8) is 0 Å². The second-order valence-electron chi connectivity index (χ2n) is 4.32. The highest BCUT2D eigenvalue weighted by molar-refractivity contribution is 9.09. The molecule has 0 fully saturated rings. The second-order valence-corrected chi connectivity index (χ2v) is 5.11. The van der Waals surface area contributed by atoms with Crippen LogP contribution < -0.4 is 9.47 Å². The minimum absolute atomic E-state index is 0.0150. The number of carbonyl (C=O) groups is 1. The van der Waals surface area contributed by atoms with Crippen LogP contribution in [-0.2, 0) is 6.42 Å². The van der Waals surface area contributed by atoms with E-state index in [1.54, 1.807) is 20.1 Å². The molecule has 0 atom stereocenters. The summed E-state index contributed by atoms with van der Waals surface area (Å²) in [5.41, 5.74) is 1.62. The Hall–Kier alpha value is -1.03. The van der Waals surface area contributed by atoms with E-state index in [4.69, 9.17) is 9.47 Å². The first-order valence-corrected chi connectivity index (χ1v) is 7.67. The van der Waals surface area contributed by atoms with E-state index >= 15 is 0 Å². The van der Waals surface area contributed by atoms with Gasteiger partial charge in [-0.25, -0.2) is 0 Å². The summed E-state index contributed by atoms with van der Waals surface area (Å²) in [6.07, 6.45) is 2.77. The fourth-order valence-electron chi connectivity index (χ4n) is 1.98. The summed E-state index contributed by atoms with van der Waals surface area (Å²) in [5.74, 6) is 1.50. The molecule has 1 aromatic rings. The molecule has 0 amide bonds. The molecule has 1 rings (SSSR count). The Bertz CT molecular complexity index is 430. The molecule has 0 N–H and O–H groups in total. The zero-order chi connectivity index (χ0) is 14.3. The summed E-state index contributed by atoms with van der Waals surface area (Å²) >= 11 is 3.38. The number of halogens is 1. The van der Waals surface area contributed by atoms with E-state index in [1.165, 1.54) is 0 Å². The molecule has 4 heteroatoms. The normalized spacial score (nSPS) is 10.3. The minimum Gasteiger partial charge on any atom is -0.496 e. The Kier molecular flexibility index (Phi) is 6.92. The van der Waals surface area contributed by atoms with Crippen LogP contribution in [-0.4, -0.2) is 24.8 Å². The van der Waals surface area contributed by atoms with Gasteiger partial charge >= 0.3 is 0 Å². The van der Waals surface area contributed by atoms with Gasteiger partial charge in [0.05, 0.1) is 19.3 Å². The first-order valence-electron chi connectivity index (χ1n) is 6.55. The molecule has 0 saturated carbocycles.